The van der Waals surface area contributed by atoms with Gasteiger partial charge in [-0.1, -0.05) is 5.16 Å². The van der Waals surface area contributed by atoms with Crippen molar-refractivity contribution in [2.75, 3.05) is 5.73 Å². The topological polar surface area (TPSA) is 107 Å². The highest BCUT2D eigenvalue weighted by Gasteiger charge is 2.16. The molecule has 0 saturated heterocycles. The lowest BCUT2D eigenvalue weighted by atomic mass is 10.3. The summed E-state index contributed by atoms with van der Waals surface area (Å²) < 4.78 is 5.16. The van der Waals surface area contributed by atoms with E-state index < -0.39 is 0 Å². The highest BCUT2D eigenvalue weighted by molar-refractivity contribution is 7.14. The molecule has 86 valence electrons. The van der Waals surface area contributed by atoms with E-state index in [4.69, 9.17) is 10.3 Å². The number of nitrogens with zero attached hydrogens (tertiary/aromatic N) is 4. The summed E-state index contributed by atoms with van der Waals surface area (Å²) in [7, 11) is 0. The van der Waals surface area contributed by atoms with E-state index in [2.05, 4.69) is 25.6 Å². The van der Waals surface area contributed by atoms with Crippen molar-refractivity contribution in [3.63, 3.8) is 0 Å². The molecule has 0 atom stereocenters. The van der Waals surface area contributed by atoms with E-state index >= 15 is 0 Å². The maximum atomic E-state index is 5.91. The minimum atomic E-state index is 0.388. The molecule has 0 aromatic carbocycles. The number of thiophene rings is 1. The van der Waals surface area contributed by atoms with Crippen LogP contribution in [0.25, 0.3) is 22.3 Å². The molecule has 0 saturated carbocycles. The third kappa shape index (κ3) is 1.58. The lowest BCUT2D eigenvalue weighted by Crippen LogP contribution is -1.87. The van der Waals surface area contributed by atoms with Gasteiger partial charge in [-0.3, -0.25) is 0 Å². The molecule has 0 aliphatic rings. The molecule has 3 N–H and O–H groups in total. The number of rotatable bonds is 2. The van der Waals surface area contributed by atoms with Crippen molar-refractivity contribution in [2.24, 2.45) is 0 Å². The minimum Gasteiger partial charge on any atom is -0.397 e. The third-order valence-electron chi connectivity index (χ3n) is 2.29. The Kier molecular flexibility index (Phi) is 2.15. The Morgan fingerprint density at radius 2 is 2.35 bits per heavy atom. The van der Waals surface area contributed by atoms with Crippen LogP contribution in [0, 0.1) is 6.92 Å². The van der Waals surface area contributed by atoms with Crippen molar-refractivity contribution >= 4 is 17.0 Å². The van der Waals surface area contributed by atoms with Crippen LogP contribution in [-0.4, -0.2) is 25.6 Å². The molecule has 0 amide bonds. The van der Waals surface area contributed by atoms with Gasteiger partial charge in [-0.05, 0) is 17.9 Å². The number of H-pyrrole nitrogens is 1. The molecular formula is C9H8N6OS. The Bertz CT molecular complexity index is 640. The van der Waals surface area contributed by atoms with Gasteiger partial charge in [0.1, 0.15) is 4.88 Å². The molecule has 0 aliphatic carbocycles. The molecule has 0 radical (unpaired) electrons. The second-order valence-corrected chi connectivity index (χ2v) is 4.32. The quantitative estimate of drug-likeness (QED) is 0.711. The lowest BCUT2D eigenvalue weighted by Gasteiger charge is -1.91. The fourth-order valence-electron chi connectivity index (χ4n) is 1.35. The summed E-state index contributed by atoms with van der Waals surface area (Å²) in [6.07, 6.45) is 1.53. The SMILES string of the molecule is Cc1csc(-c2nc(-c3cn[nH]n3)no2)c1N. The van der Waals surface area contributed by atoms with Gasteiger partial charge in [-0.2, -0.15) is 20.4 Å². The van der Waals surface area contributed by atoms with Gasteiger partial charge >= 0.3 is 0 Å². The second-order valence-electron chi connectivity index (χ2n) is 3.44. The number of anilines is 1. The molecule has 0 unspecified atom stereocenters. The summed E-state index contributed by atoms with van der Waals surface area (Å²) in [4.78, 5) is 5.01. The zero-order valence-electron chi connectivity index (χ0n) is 8.84. The molecular weight excluding hydrogens is 240 g/mol. The Morgan fingerprint density at radius 1 is 1.47 bits per heavy atom. The van der Waals surface area contributed by atoms with Crippen LogP contribution in [0.15, 0.2) is 16.1 Å². The molecule has 3 aromatic heterocycles. The van der Waals surface area contributed by atoms with Crippen molar-refractivity contribution in [3.05, 3.63) is 17.1 Å². The first-order valence-electron chi connectivity index (χ1n) is 4.79. The highest BCUT2D eigenvalue weighted by atomic mass is 32.1. The number of aryl methyl sites for hydroxylation is 1. The molecule has 17 heavy (non-hydrogen) atoms. The summed E-state index contributed by atoms with van der Waals surface area (Å²) in [5.41, 5.74) is 8.12. The van der Waals surface area contributed by atoms with Gasteiger partial charge in [0.15, 0.2) is 5.69 Å². The fraction of sp³-hybridized carbons (Fsp3) is 0.111. The summed E-state index contributed by atoms with van der Waals surface area (Å²) in [6, 6.07) is 0. The largest absolute Gasteiger partial charge is 0.397 e. The van der Waals surface area contributed by atoms with E-state index in [0.717, 1.165) is 10.4 Å². The van der Waals surface area contributed by atoms with Crippen molar-refractivity contribution in [1.82, 2.24) is 25.6 Å². The van der Waals surface area contributed by atoms with Crippen LogP contribution in [0.4, 0.5) is 5.69 Å². The maximum absolute atomic E-state index is 5.91. The number of nitrogens with one attached hydrogen (secondary N) is 1. The van der Waals surface area contributed by atoms with Crippen LogP contribution >= 0.6 is 11.3 Å². The number of hydrogen-bond donors (Lipinski definition) is 2. The van der Waals surface area contributed by atoms with Gasteiger partial charge in [-0.15, -0.1) is 11.3 Å². The minimum absolute atomic E-state index is 0.388. The highest BCUT2D eigenvalue weighted by Crippen LogP contribution is 2.34. The lowest BCUT2D eigenvalue weighted by molar-refractivity contribution is 0.433. The van der Waals surface area contributed by atoms with Crippen LogP contribution in [0.2, 0.25) is 0 Å². The van der Waals surface area contributed by atoms with E-state index in [1.165, 1.54) is 17.5 Å². The van der Waals surface area contributed by atoms with E-state index in [0.29, 0.717) is 23.1 Å². The van der Waals surface area contributed by atoms with Crippen LogP contribution < -0.4 is 5.73 Å². The Labute approximate surface area is 99.7 Å². The standard InChI is InChI=1S/C9H8N6OS/c1-4-3-17-7(6(4)10)9-12-8(14-16-9)5-2-11-15-13-5/h2-3H,10H2,1H3,(H,11,13,15). The number of hydrogen-bond acceptors (Lipinski definition) is 7. The third-order valence-corrected chi connectivity index (χ3v) is 3.39. The van der Waals surface area contributed by atoms with Crippen molar-refractivity contribution in [3.8, 4) is 22.3 Å². The first-order chi connectivity index (χ1) is 8.25. The summed E-state index contributed by atoms with van der Waals surface area (Å²) in [6.45, 7) is 1.93. The summed E-state index contributed by atoms with van der Waals surface area (Å²) in [5.74, 6) is 0.790. The van der Waals surface area contributed by atoms with E-state index in [-0.39, 0.29) is 0 Å². The van der Waals surface area contributed by atoms with Gasteiger partial charge in [-0.25, -0.2) is 0 Å². The van der Waals surface area contributed by atoms with Crippen LogP contribution in [-0.2, 0) is 0 Å². The van der Waals surface area contributed by atoms with E-state index in [1.807, 2.05) is 12.3 Å². The van der Waals surface area contributed by atoms with Crippen LogP contribution in [0.1, 0.15) is 5.56 Å². The molecule has 0 spiro atoms. The number of nitrogens with two attached hydrogens (primary N) is 1. The molecule has 3 aromatic rings. The smallest absolute Gasteiger partial charge is 0.270 e. The van der Waals surface area contributed by atoms with Crippen molar-refractivity contribution in [2.45, 2.75) is 6.92 Å². The Balaban J connectivity index is 2.04. The van der Waals surface area contributed by atoms with Gasteiger partial charge < -0.3 is 10.3 Å². The zero-order valence-corrected chi connectivity index (χ0v) is 9.65. The van der Waals surface area contributed by atoms with Crippen LogP contribution in [0.3, 0.4) is 0 Å². The zero-order chi connectivity index (χ0) is 11.8. The average molecular weight is 248 g/mol. The van der Waals surface area contributed by atoms with E-state index in [1.54, 1.807) is 0 Å². The number of nitrogen functional groups attached to an aromatic ring is 1. The van der Waals surface area contributed by atoms with Crippen molar-refractivity contribution in [1.29, 1.82) is 0 Å². The molecule has 3 heterocycles. The maximum Gasteiger partial charge on any atom is 0.270 e. The normalized spacial score (nSPS) is 10.9. The number of aromatic nitrogens is 5. The average Bonchev–Trinajstić information content (AvgIpc) is 3.01. The Hall–Kier alpha value is -2.22. The van der Waals surface area contributed by atoms with Gasteiger partial charge in [0.05, 0.1) is 11.9 Å². The Morgan fingerprint density at radius 3 is 3.00 bits per heavy atom. The fourth-order valence-corrected chi connectivity index (χ4v) is 2.24. The summed E-state index contributed by atoms with van der Waals surface area (Å²) in [5, 5.41) is 15.8. The first kappa shape index (κ1) is 9.97. The molecule has 7 nitrogen and oxygen atoms in total. The predicted octanol–water partition coefficient (Wildman–Crippen LogP) is 1.47. The van der Waals surface area contributed by atoms with Gasteiger partial charge in [0, 0.05) is 0 Å². The van der Waals surface area contributed by atoms with Crippen molar-refractivity contribution < 1.29 is 4.52 Å². The molecule has 3 rings (SSSR count). The number of aromatic amines is 1. The second kappa shape index (κ2) is 3.67. The molecule has 8 heteroatoms. The van der Waals surface area contributed by atoms with Gasteiger partial charge in [0.25, 0.3) is 5.89 Å². The summed E-state index contributed by atoms with van der Waals surface area (Å²) >= 11 is 1.47. The van der Waals surface area contributed by atoms with Crippen LogP contribution in [0.5, 0.6) is 0 Å². The predicted molar refractivity (Wildman–Crippen MR) is 62.1 cm³/mol. The molecule has 0 aliphatic heterocycles. The van der Waals surface area contributed by atoms with Gasteiger partial charge in [0.2, 0.25) is 5.82 Å². The molecule has 0 bridgehead atoms. The monoisotopic (exact) mass is 248 g/mol. The molecule has 0 fully saturated rings. The van der Waals surface area contributed by atoms with E-state index in [9.17, 15) is 0 Å². The first-order valence-corrected chi connectivity index (χ1v) is 5.67.